The number of primary amides is 1. The van der Waals surface area contributed by atoms with E-state index in [1.807, 2.05) is 12.1 Å². The minimum atomic E-state index is -1.46. The first-order chi connectivity index (χ1) is 56.0. The Morgan fingerprint density at radius 2 is 0.831 bits per heavy atom. The van der Waals surface area contributed by atoms with Gasteiger partial charge in [0.05, 0.1) is 45.8 Å². The Morgan fingerprint density at radius 3 is 1.21 bits per heavy atom. The zero-order valence-electron chi connectivity index (χ0n) is 66.7. The molecule has 0 radical (unpaired) electrons. The van der Waals surface area contributed by atoms with Gasteiger partial charge in [-0.05, 0) is 60.8 Å². The van der Waals surface area contributed by atoms with Crippen LogP contribution in [0.15, 0.2) is 54.7 Å². The first kappa shape index (κ1) is 97.4. The van der Waals surface area contributed by atoms with E-state index in [1.165, 1.54) is 46.1 Å². The first-order valence-corrected chi connectivity index (χ1v) is 39.0. The number of amides is 8. The third kappa shape index (κ3) is 36.2. The smallest absolute Gasteiger partial charge is 0.320 e. The van der Waals surface area contributed by atoms with Gasteiger partial charge in [-0.2, -0.15) is 0 Å². The molecule has 5 rings (SSSR count). The molecule has 0 spiro atoms. The van der Waals surface area contributed by atoms with E-state index in [9.17, 15) is 122 Å². The molecular formula is C76H113N17O25. The van der Waals surface area contributed by atoms with Crippen LogP contribution in [-0.4, -0.2) is 373 Å². The average molecular weight is 1660 g/mol. The number of hydrogen-bond donors (Lipinski definition) is 17. The number of fused-ring (bicyclic) bond motifs is 1. The van der Waals surface area contributed by atoms with Crippen LogP contribution in [0, 0.1) is 11.8 Å². The van der Waals surface area contributed by atoms with Crippen molar-refractivity contribution in [3.8, 4) is 0 Å². The number of H-pyrrole nitrogens is 1. The van der Waals surface area contributed by atoms with E-state index < -0.39 is 208 Å². The number of aromatic nitrogens is 1. The molecular weight excluding hydrogens is 1550 g/mol. The number of Topliss-reactive ketones (excluding diaryl/α,β-unsaturated/α-hetero) is 1. The molecule has 652 valence electrons. The van der Waals surface area contributed by atoms with Crippen molar-refractivity contribution in [1.82, 2.24) is 81.4 Å². The number of carbonyl (C=O) groups excluding carboxylic acids is 9. The molecule has 0 saturated carbocycles. The van der Waals surface area contributed by atoms with E-state index in [1.54, 1.807) is 56.4 Å². The third-order valence-corrected chi connectivity index (χ3v) is 20.4. The Labute approximate surface area is 680 Å². The molecule has 2 aromatic carbocycles. The summed E-state index contributed by atoms with van der Waals surface area (Å²) in [5.41, 5.74) is 7.84. The Balaban J connectivity index is 1.34. The number of carboxylic acid groups (broad SMARTS) is 8. The topological polar surface area (TPSA) is 604 Å². The fourth-order valence-corrected chi connectivity index (χ4v) is 13.6. The molecule has 3 heterocycles. The summed E-state index contributed by atoms with van der Waals surface area (Å²) in [5, 5.41) is 98.8. The number of hydrogen-bond acceptors (Lipinski definition) is 25. The van der Waals surface area contributed by atoms with E-state index in [4.69, 9.17) is 5.73 Å². The summed E-state index contributed by atoms with van der Waals surface area (Å²) in [7, 11) is 0. The largest absolute Gasteiger partial charge is 0.480 e. The highest BCUT2D eigenvalue weighted by Crippen LogP contribution is 2.23. The lowest BCUT2D eigenvalue weighted by Crippen LogP contribution is -2.57. The predicted molar refractivity (Wildman–Crippen MR) is 420 cm³/mol. The quantitative estimate of drug-likeness (QED) is 0.0238. The summed E-state index contributed by atoms with van der Waals surface area (Å²) in [4.78, 5) is 235. The summed E-state index contributed by atoms with van der Waals surface area (Å²) < 4.78 is 0. The fourth-order valence-electron chi connectivity index (χ4n) is 13.6. The molecule has 18 N–H and O–H groups in total. The normalized spacial score (nSPS) is 17.1. The van der Waals surface area contributed by atoms with Crippen LogP contribution in [0.1, 0.15) is 88.8 Å². The van der Waals surface area contributed by atoms with Gasteiger partial charge in [-0.15, -0.1) is 0 Å². The maximum absolute atomic E-state index is 14.4. The first-order valence-electron chi connectivity index (χ1n) is 39.0. The average Bonchev–Trinajstić information content (AvgIpc) is 1.67. The van der Waals surface area contributed by atoms with Crippen molar-refractivity contribution in [3.05, 3.63) is 71.4 Å². The molecule has 3 unspecified atom stereocenters. The number of carbonyl (C=O) groups is 17. The van der Waals surface area contributed by atoms with Crippen molar-refractivity contribution in [1.29, 1.82) is 0 Å². The van der Waals surface area contributed by atoms with E-state index in [0.29, 0.717) is 23.1 Å². The Morgan fingerprint density at radius 1 is 0.441 bits per heavy atom. The van der Waals surface area contributed by atoms with Crippen LogP contribution in [0.3, 0.4) is 0 Å². The monoisotopic (exact) mass is 1660 g/mol. The van der Waals surface area contributed by atoms with Gasteiger partial charge in [-0.1, -0.05) is 62.7 Å². The number of nitrogens with zero attached hydrogens (tertiary/aromatic N) is 8. The summed E-state index contributed by atoms with van der Waals surface area (Å²) in [6, 6.07) is 6.59. The number of ketones is 1. The number of aromatic amines is 1. The summed E-state index contributed by atoms with van der Waals surface area (Å²) in [6.07, 6.45) is -0.749. The number of para-hydroxylation sites is 1. The van der Waals surface area contributed by atoms with Crippen molar-refractivity contribution >= 4 is 112 Å². The molecule has 42 nitrogen and oxygen atoms in total. The number of carboxylic acids is 8. The minimum absolute atomic E-state index is 0.0251. The Kier molecular flexibility index (Phi) is 41.7. The van der Waals surface area contributed by atoms with Crippen molar-refractivity contribution in [3.63, 3.8) is 0 Å². The van der Waals surface area contributed by atoms with Crippen LogP contribution < -0.4 is 43.0 Å². The second kappa shape index (κ2) is 50.5. The lowest BCUT2D eigenvalue weighted by Gasteiger charge is -2.35. The molecule has 2 aliphatic heterocycles. The van der Waals surface area contributed by atoms with Gasteiger partial charge in [0.1, 0.15) is 36.1 Å². The molecule has 8 amide bonds. The van der Waals surface area contributed by atoms with Gasteiger partial charge in [0.2, 0.25) is 47.3 Å². The highest BCUT2D eigenvalue weighted by molar-refractivity contribution is 6.05. The maximum Gasteiger partial charge on any atom is 0.320 e. The van der Waals surface area contributed by atoms with E-state index in [2.05, 4.69) is 42.2 Å². The molecule has 0 aliphatic carbocycles. The van der Waals surface area contributed by atoms with Gasteiger partial charge in [0.25, 0.3) is 0 Å². The van der Waals surface area contributed by atoms with Crippen LogP contribution in [0.2, 0.25) is 0 Å². The number of benzene rings is 2. The van der Waals surface area contributed by atoms with E-state index in [0.717, 1.165) is 10.9 Å². The standard InChI is InChI=1S/C76H113N17O25/c1-4-48(2)70(85-71(111)54(60(95)41-79-49(3)94)37-52-40-80-55-8-6-5-7-53(52)55)74(114)84-56(13-16-61(77)96)72(112)81-38-50-9-11-51(12-10-50)39-82-73(113)57(83-63(98)18-15-59(76(117)118)93-35-31-90(46-68(107)108)27-23-87(43-65(101)102)24-28-91(32-36-93)47-69(109)110)19-20-78-62(97)17-14-58(75(115)116)92-33-29-88(44-66(103)104)25-21-86(42-64(99)100)22-26-89(30-34-92)45-67(105)106/h5-12,40,48,54,56-59,70,80H,4,13-39,41-47H2,1-3H3,(H2,77,96)(H,78,97)(H,79,94)(H,81,112)(H,82,113)(H,83,98)(H,84,114)(H,85,111)(H,99,100)(H,101,102)(H,103,104)(H,105,106)(H,107,108)(H,109,110)(H,115,116)(H,117,118)/t48?,54-,56+,57+,58?,59?,70+/m1/s1. The van der Waals surface area contributed by atoms with Gasteiger partial charge in [-0.25, -0.2) is 0 Å². The molecule has 7 atom stereocenters. The predicted octanol–water partition coefficient (Wildman–Crippen LogP) is -4.35. The Bertz CT molecular complexity index is 3880. The zero-order valence-corrected chi connectivity index (χ0v) is 66.7. The number of aliphatic carboxylic acids is 8. The minimum Gasteiger partial charge on any atom is -0.480 e. The molecule has 2 fully saturated rings. The lowest BCUT2D eigenvalue weighted by atomic mass is 9.91. The SMILES string of the molecule is CCC(C)[C@H](NC(=O)[C@H](Cc1c[nH]c2ccccc12)C(=O)CNC(C)=O)C(=O)N[C@@H](CCC(N)=O)C(=O)NCc1ccc(CNC(=O)[C@H](CCNC(=O)CCC(C(=O)O)N2CCN(CC(=O)O)CCN(CC(=O)O)CCN(CC(=O)O)CC2)NC(=O)CCC(C(=O)O)N2CCN(CC(=O)O)CCN(CC(=O)O)CCN(CC(=O)O)CC2)cc1. The van der Waals surface area contributed by atoms with E-state index in [-0.39, 0.29) is 156 Å². The van der Waals surface area contributed by atoms with E-state index >= 15 is 0 Å². The summed E-state index contributed by atoms with van der Waals surface area (Å²) in [5.74, 6) is -18.6. The molecule has 0 bridgehead atoms. The van der Waals surface area contributed by atoms with Crippen molar-refractivity contribution in [2.45, 2.75) is 122 Å². The molecule has 2 aliphatic rings. The molecule has 2 saturated heterocycles. The van der Waals surface area contributed by atoms with Gasteiger partial charge in [0.15, 0.2) is 5.78 Å². The highest BCUT2D eigenvalue weighted by atomic mass is 16.4. The van der Waals surface area contributed by atoms with Gasteiger partial charge in [-0.3, -0.25) is 121 Å². The zero-order chi connectivity index (χ0) is 87.1. The van der Waals surface area contributed by atoms with Crippen LogP contribution in [0.4, 0.5) is 0 Å². The summed E-state index contributed by atoms with van der Waals surface area (Å²) >= 11 is 0. The molecule has 42 heteroatoms. The number of nitrogens with two attached hydrogens (primary N) is 1. The van der Waals surface area contributed by atoms with Gasteiger partial charge in [0, 0.05) is 168 Å². The summed E-state index contributed by atoms with van der Waals surface area (Å²) in [6.45, 7) is 0.581. The van der Waals surface area contributed by atoms with Gasteiger partial charge >= 0.3 is 47.8 Å². The van der Waals surface area contributed by atoms with Crippen LogP contribution in [-0.2, 0) is 101 Å². The van der Waals surface area contributed by atoms with Crippen LogP contribution in [0.25, 0.3) is 10.9 Å². The van der Waals surface area contributed by atoms with Gasteiger partial charge < -0.3 is 88.8 Å². The maximum atomic E-state index is 14.4. The fraction of sp³-hybridized carbons (Fsp3) is 0.592. The highest BCUT2D eigenvalue weighted by Gasteiger charge is 2.37. The van der Waals surface area contributed by atoms with Crippen LogP contribution >= 0.6 is 0 Å². The Hall–Kier alpha value is -11.1. The second-order valence-corrected chi connectivity index (χ2v) is 29.3. The van der Waals surface area contributed by atoms with Crippen molar-refractivity contribution in [2.24, 2.45) is 17.6 Å². The second-order valence-electron chi connectivity index (χ2n) is 29.3. The van der Waals surface area contributed by atoms with Crippen LogP contribution in [0.5, 0.6) is 0 Å². The van der Waals surface area contributed by atoms with Crippen molar-refractivity contribution in [2.75, 3.05) is 157 Å². The number of nitrogens with one attached hydrogen (secondary N) is 8. The number of rotatable bonds is 46. The van der Waals surface area contributed by atoms with Crippen molar-refractivity contribution < 1.29 is 122 Å². The molecule has 1 aromatic heterocycles. The molecule has 118 heavy (non-hydrogen) atoms. The molecule has 3 aromatic rings. The third-order valence-electron chi connectivity index (χ3n) is 20.4. The lowest BCUT2D eigenvalue weighted by molar-refractivity contribution is -0.145.